The maximum absolute atomic E-state index is 12.2. The smallest absolute Gasteiger partial charge is 0.227 e. The standard InChI is InChI=1S/C22H24ClN3O2/c23-22(28)18-14-21(27)26(16-18)20-8-6-19(7-9-20)25-12-10-24(11-13-25)15-17-4-2-1-3-5-17/h1-9,18H,10-16H2. The quantitative estimate of drug-likeness (QED) is 0.727. The molecule has 0 spiro atoms. The summed E-state index contributed by atoms with van der Waals surface area (Å²) in [6, 6.07) is 18.6. The Balaban J connectivity index is 1.34. The molecular formula is C22H24ClN3O2. The second-order valence-corrected chi connectivity index (χ2v) is 7.85. The van der Waals surface area contributed by atoms with Crippen molar-refractivity contribution in [3.05, 3.63) is 60.2 Å². The lowest BCUT2D eigenvalue weighted by Crippen LogP contribution is -2.45. The summed E-state index contributed by atoms with van der Waals surface area (Å²) >= 11 is 5.56. The van der Waals surface area contributed by atoms with E-state index in [-0.39, 0.29) is 12.3 Å². The fourth-order valence-electron chi connectivity index (χ4n) is 3.96. The number of hydrogen-bond donors (Lipinski definition) is 0. The monoisotopic (exact) mass is 397 g/mol. The maximum Gasteiger partial charge on any atom is 0.227 e. The van der Waals surface area contributed by atoms with E-state index in [4.69, 9.17) is 11.6 Å². The highest BCUT2D eigenvalue weighted by molar-refractivity contribution is 6.64. The highest BCUT2D eigenvalue weighted by Gasteiger charge is 2.34. The van der Waals surface area contributed by atoms with Crippen LogP contribution in [0.1, 0.15) is 12.0 Å². The number of piperazine rings is 1. The number of carbonyl (C=O) groups is 2. The van der Waals surface area contributed by atoms with Crippen molar-refractivity contribution in [3.63, 3.8) is 0 Å². The summed E-state index contributed by atoms with van der Waals surface area (Å²) in [6.07, 6.45) is 0.202. The van der Waals surface area contributed by atoms with Crippen LogP contribution >= 0.6 is 11.6 Å². The summed E-state index contributed by atoms with van der Waals surface area (Å²) in [5.41, 5.74) is 3.35. The van der Waals surface area contributed by atoms with Gasteiger partial charge in [-0.3, -0.25) is 14.5 Å². The van der Waals surface area contributed by atoms with Crippen molar-refractivity contribution >= 4 is 34.1 Å². The molecule has 146 valence electrons. The molecule has 2 aromatic rings. The van der Waals surface area contributed by atoms with Gasteiger partial charge in [-0.2, -0.15) is 0 Å². The third-order valence-corrected chi connectivity index (χ3v) is 5.90. The third kappa shape index (κ3) is 4.21. The predicted molar refractivity (Wildman–Crippen MR) is 112 cm³/mol. The van der Waals surface area contributed by atoms with E-state index < -0.39 is 11.2 Å². The van der Waals surface area contributed by atoms with E-state index in [1.165, 1.54) is 11.3 Å². The van der Waals surface area contributed by atoms with Gasteiger partial charge in [-0.05, 0) is 41.4 Å². The Hall–Kier alpha value is -2.37. The zero-order chi connectivity index (χ0) is 19.5. The van der Waals surface area contributed by atoms with Crippen LogP contribution in [0, 0.1) is 5.92 Å². The first-order chi connectivity index (χ1) is 13.6. The van der Waals surface area contributed by atoms with Gasteiger partial charge in [-0.15, -0.1) is 0 Å². The van der Waals surface area contributed by atoms with E-state index in [9.17, 15) is 9.59 Å². The average molecular weight is 398 g/mol. The molecule has 2 saturated heterocycles. The second-order valence-electron chi connectivity index (χ2n) is 7.47. The summed E-state index contributed by atoms with van der Waals surface area (Å²) in [5, 5.41) is -0.430. The summed E-state index contributed by atoms with van der Waals surface area (Å²) < 4.78 is 0. The fourth-order valence-corrected chi connectivity index (χ4v) is 4.10. The highest BCUT2D eigenvalue weighted by atomic mass is 35.5. The van der Waals surface area contributed by atoms with Gasteiger partial charge >= 0.3 is 0 Å². The van der Waals surface area contributed by atoms with Crippen molar-refractivity contribution in [2.45, 2.75) is 13.0 Å². The predicted octanol–water partition coefficient (Wildman–Crippen LogP) is 3.13. The van der Waals surface area contributed by atoms with E-state index in [0.29, 0.717) is 6.54 Å². The van der Waals surface area contributed by atoms with Crippen LogP contribution in [0.2, 0.25) is 0 Å². The molecule has 5 nitrogen and oxygen atoms in total. The molecule has 1 atom stereocenters. The molecule has 4 rings (SSSR count). The van der Waals surface area contributed by atoms with Gasteiger partial charge in [0.25, 0.3) is 0 Å². The lowest BCUT2D eigenvalue weighted by Gasteiger charge is -2.36. The Kier molecular flexibility index (Phi) is 5.64. The Morgan fingerprint density at radius 3 is 2.18 bits per heavy atom. The molecule has 0 radical (unpaired) electrons. The Bertz CT molecular complexity index is 833. The molecule has 1 amide bonds. The van der Waals surface area contributed by atoms with E-state index >= 15 is 0 Å². The van der Waals surface area contributed by atoms with Crippen LogP contribution in [0.4, 0.5) is 11.4 Å². The molecule has 28 heavy (non-hydrogen) atoms. The van der Waals surface area contributed by atoms with Crippen molar-refractivity contribution in [3.8, 4) is 0 Å². The number of benzene rings is 2. The summed E-state index contributed by atoms with van der Waals surface area (Å²) in [4.78, 5) is 30.0. The van der Waals surface area contributed by atoms with Gasteiger partial charge < -0.3 is 9.80 Å². The third-order valence-electron chi connectivity index (χ3n) is 5.59. The molecule has 2 aromatic carbocycles. The molecule has 0 aromatic heterocycles. The number of nitrogens with zero attached hydrogens (tertiary/aromatic N) is 3. The first kappa shape index (κ1) is 19.0. The lowest BCUT2D eigenvalue weighted by molar-refractivity contribution is -0.120. The molecule has 1 unspecified atom stereocenters. The van der Waals surface area contributed by atoms with Gasteiger partial charge in [0.2, 0.25) is 11.1 Å². The zero-order valence-electron chi connectivity index (χ0n) is 15.8. The Morgan fingerprint density at radius 1 is 0.929 bits per heavy atom. The van der Waals surface area contributed by atoms with Crippen LogP contribution in [-0.2, 0) is 16.1 Å². The molecule has 2 aliphatic heterocycles. The normalized spacial score (nSPS) is 20.6. The van der Waals surface area contributed by atoms with Gasteiger partial charge in [0.05, 0.1) is 5.92 Å². The Labute approximate surface area is 170 Å². The molecule has 0 aliphatic carbocycles. The van der Waals surface area contributed by atoms with Gasteiger partial charge in [-0.1, -0.05) is 30.3 Å². The van der Waals surface area contributed by atoms with E-state index in [0.717, 1.165) is 38.4 Å². The SMILES string of the molecule is O=C(Cl)C1CC(=O)N(c2ccc(N3CCN(Cc4ccccc4)CC3)cc2)C1. The summed E-state index contributed by atoms with van der Waals surface area (Å²) in [6.45, 7) is 5.39. The molecular weight excluding hydrogens is 374 g/mol. The minimum Gasteiger partial charge on any atom is -0.369 e. The molecule has 2 fully saturated rings. The van der Waals surface area contributed by atoms with Crippen LogP contribution in [0.5, 0.6) is 0 Å². The van der Waals surface area contributed by atoms with Crippen molar-refractivity contribution < 1.29 is 9.59 Å². The number of carbonyl (C=O) groups excluding carboxylic acids is 2. The average Bonchev–Trinajstić information content (AvgIpc) is 3.12. The fraction of sp³-hybridized carbons (Fsp3) is 0.364. The summed E-state index contributed by atoms with van der Waals surface area (Å²) in [5.74, 6) is -0.437. The van der Waals surface area contributed by atoms with Crippen LogP contribution in [0.3, 0.4) is 0 Å². The summed E-state index contributed by atoms with van der Waals surface area (Å²) in [7, 11) is 0. The molecule has 0 N–H and O–H groups in total. The first-order valence-corrected chi connectivity index (χ1v) is 10.1. The van der Waals surface area contributed by atoms with Crippen molar-refractivity contribution in [1.82, 2.24) is 4.90 Å². The Morgan fingerprint density at radius 2 is 1.57 bits per heavy atom. The van der Waals surface area contributed by atoms with Gasteiger partial charge in [0, 0.05) is 57.1 Å². The largest absolute Gasteiger partial charge is 0.369 e. The number of amides is 1. The minimum atomic E-state index is -0.430. The van der Waals surface area contributed by atoms with Crippen molar-refractivity contribution in [1.29, 1.82) is 0 Å². The molecule has 6 heteroatoms. The minimum absolute atomic E-state index is 0.0405. The van der Waals surface area contributed by atoms with Crippen LogP contribution in [-0.4, -0.2) is 48.8 Å². The molecule has 2 aliphatic rings. The van der Waals surface area contributed by atoms with Gasteiger partial charge in [0.1, 0.15) is 0 Å². The first-order valence-electron chi connectivity index (χ1n) is 9.71. The van der Waals surface area contributed by atoms with Crippen molar-refractivity contribution in [2.24, 2.45) is 5.92 Å². The van der Waals surface area contributed by atoms with E-state index in [1.54, 1.807) is 4.90 Å². The molecule has 2 heterocycles. The number of anilines is 2. The van der Waals surface area contributed by atoms with E-state index in [1.807, 2.05) is 12.1 Å². The number of hydrogen-bond acceptors (Lipinski definition) is 4. The van der Waals surface area contributed by atoms with Crippen LogP contribution in [0.15, 0.2) is 54.6 Å². The van der Waals surface area contributed by atoms with E-state index in [2.05, 4.69) is 52.3 Å². The lowest BCUT2D eigenvalue weighted by atomic mass is 10.1. The zero-order valence-corrected chi connectivity index (χ0v) is 16.5. The molecule has 0 bridgehead atoms. The maximum atomic E-state index is 12.2. The van der Waals surface area contributed by atoms with Crippen LogP contribution in [0.25, 0.3) is 0 Å². The topological polar surface area (TPSA) is 43.9 Å². The highest BCUT2D eigenvalue weighted by Crippen LogP contribution is 2.28. The molecule has 0 saturated carbocycles. The second kappa shape index (κ2) is 8.33. The van der Waals surface area contributed by atoms with Gasteiger partial charge in [0.15, 0.2) is 0 Å². The van der Waals surface area contributed by atoms with Gasteiger partial charge in [-0.25, -0.2) is 0 Å². The van der Waals surface area contributed by atoms with Crippen LogP contribution < -0.4 is 9.80 Å². The number of halogens is 1. The number of rotatable bonds is 5. The van der Waals surface area contributed by atoms with Crippen molar-refractivity contribution in [2.75, 3.05) is 42.5 Å².